The molecule has 0 aliphatic carbocycles. The van der Waals surface area contributed by atoms with Crippen LogP contribution in [0.25, 0.3) is 0 Å². The van der Waals surface area contributed by atoms with E-state index in [1.165, 1.54) is 52.3 Å². The van der Waals surface area contributed by atoms with Gasteiger partial charge in [-0.3, -0.25) is 0 Å². The summed E-state index contributed by atoms with van der Waals surface area (Å²) in [6.45, 7) is 13.1. The Bertz CT molecular complexity index is 637. The molecule has 0 nitrogen and oxygen atoms in total. The summed E-state index contributed by atoms with van der Waals surface area (Å²) in [6.07, 6.45) is 0. The number of hydrogen-bond acceptors (Lipinski definition) is 0. The van der Waals surface area contributed by atoms with Gasteiger partial charge in [0.2, 0.25) is 0 Å². The molecule has 21 heavy (non-hydrogen) atoms. The number of rotatable bonds is 2. The van der Waals surface area contributed by atoms with Crippen LogP contribution in [0.15, 0.2) is 24.3 Å². The van der Waals surface area contributed by atoms with Gasteiger partial charge in [-0.05, 0) is 0 Å². The quantitative estimate of drug-likeness (QED) is 0.643. The number of aryl methyl sites for hydroxylation is 6. The normalized spacial score (nSPS) is 10.4. The van der Waals surface area contributed by atoms with Crippen LogP contribution in [0, 0.1) is 41.5 Å². The van der Waals surface area contributed by atoms with E-state index in [9.17, 15) is 0 Å². The first-order valence-electron chi connectivity index (χ1n) is 7.40. The van der Waals surface area contributed by atoms with Gasteiger partial charge in [-0.1, -0.05) is 0 Å². The average molecular weight is 295 g/mol. The molecule has 0 fully saturated rings. The van der Waals surface area contributed by atoms with E-state index < -0.39 is 0 Å². The molecule has 0 bridgehead atoms. The minimum absolute atomic E-state index is 1.25. The van der Waals surface area contributed by atoms with Gasteiger partial charge >= 0.3 is 130 Å². The van der Waals surface area contributed by atoms with Crippen molar-refractivity contribution in [3.63, 3.8) is 0 Å². The Hall–Kier alpha value is -1.39. The summed E-state index contributed by atoms with van der Waals surface area (Å²) in [5.41, 5.74) is 10.9. The zero-order valence-electron chi connectivity index (χ0n) is 13.9. The van der Waals surface area contributed by atoms with Gasteiger partial charge in [0.1, 0.15) is 0 Å². The van der Waals surface area contributed by atoms with Crippen molar-refractivity contribution in [2.75, 3.05) is 0 Å². The van der Waals surface area contributed by atoms with E-state index in [-0.39, 0.29) is 0 Å². The first kappa shape index (κ1) is 16.0. The second-order valence-electron chi connectivity index (χ2n) is 6.03. The minimum atomic E-state index is 1.25. The summed E-state index contributed by atoms with van der Waals surface area (Å²) < 4.78 is 0. The van der Waals surface area contributed by atoms with Crippen LogP contribution in [-0.4, -0.2) is 11.6 Å². The Morgan fingerprint density at radius 3 is 1.14 bits per heavy atom. The first-order valence-corrected chi connectivity index (χ1v) is 8.44. The molecular formula is C20H24P+. The summed E-state index contributed by atoms with van der Waals surface area (Å²) in [5.74, 6) is 4.64. The van der Waals surface area contributed by atoms with Crippen molar-refractivity contribution in [2.24, 2.45) is 0 Å². The van der Waals surface area contributed by atoms with Crippen LogP contribution in [-0.2, 0) is 0 Å². The molecule has 0 aromatic heterocycles. The molecule has 0 aliphatic rings. The molecule has 0 radical (unpaired) electrons. The summed E-state index contributed by atoms with van der Waals surface area (Å²) in [6, 6.07) is 9.04. The number of hydrogen-bond donors (Lipinski definition) is 0. The molecule has 0 amide bonds. The molecule has 1 heteroatoms. The van der Waals surface area contributed by atoms with E-state index in [4.69, 9.17) is 0 Å². The molecule has 2 aromatic rings. The second kappa shape index (κ2) is 6.58. The Morgan fingerprint density at radius 2 is 0.857 bits per heavy atom. The third-order valence-electron chi connectivity index (χ3n) is 3.88. The van der Waals surface area contributed by atoms with Crippen molar-refractivity contribution >= 4 is 19.4 Å². The fourth-order valence-electron chi connectivity index (χ4n) is 2.98. The Kier molecular flexibility index (Phi) is 5.01. The van der Waals surface area contributed by atoms with E-state index in [2.05, 4.69) is 77.4 Å². The van der Waals surface area contributed by atoms with Crippen LogP contribution in [0.1, 0.15) is 44.5 Å². The summed E-state index contributed by atoms with van der Waals surface area (Å²) in [4.78, 5) is 0. The molecule has 2 aromatic carbocycles. The maximum atomic E-state index is 2.32. The predicted octanol–water partition coefficient (Wildman–Crippen LogP) is 5.48. The zero-order chi connectivity index (χ0) is 15.6. The van der Waals surface area contributed by atoms with E-state index in [1.807, 2.05) is 0 Å². The molecule has 0 spiro atoms. The Morgan fingerprint density at radius 1 is 0.571 bits per heavy atom. The van der Waals surface area contributed by atoms with Crippen molar-refractivity contribution in [3.05, 3.63) is 68.8 Å². The molecule has 0 atom stereocenters. The summed E-state index contributed by atoms with van der Waals surface area (Å²) in [5, 5.41) is 0. The Labute approximate surface area is 130 Å². The van der Waals surface area contributed by atoms with E-state index in [0.717, 1.165) is 0 Å². The van der Waals surface area contributed by atoms with Crippen molar-refractivity contribution in [3.8, 4) is 0 Å². The standard InChI is InChI=1S/C20H24P/c1-13-7-15(3)19(16(4)8-13)11-21-12-20-17(5)9-14(2)10-18(20)6/h7-12H,1-6H3/q+1. The van der Waals surface area contributed by atoms with Crippen LogP contribution < -0.4 is 0 Å². The second-order valence-corrected chi connectivity index (χ2v) is 6.85. The molecular weight excluding hydrogens is 271 g/mol. The molecule has 0 aliphatic heterocycles. The van der Waals surface area contributed by atoms with Crippen molar-refractivity contribution in [1.29, 1.82) is 0 Å². The molecule has 108 valence electrons. The fourth-order valence-corrected chi connectivity index (χ4v) is 4.16. The van der Waals surface area contributed by atoms with Gasteiger partial charge in [0.15, 0.2) is 0 Å². The van der Waals surface area contributed by atoms with E-state index >= 15 is 0 Å². The number of benzene rings is 2. The van der Waals surface area contributed by atoms with Crippen LogP contribution in [0.2, 0.25) is 0 Å². The van der Waals surface area contributed by atoms with Crippen molar-refractivity contribution in [1.82, 2.24) is 0 Å². The molecule has 0 unspecified atom stereocenters. The van der Waals surface area contributed by atoms with Crippen molar-refractivity contribution < 1.29 is 0 Å². The monoisotopic (exact) mass is 295 g/mol. The molecule has 0 saturated heterocycles. The van der Waals surface area contributed by atoms with Gasteiger partial charge in [0.25, 0.3) is 0 Å². The average Bonchev–Trinajstić information content (AvgIpc) is 2.34. The van der Waals surface area contributed by atoms with Crippen LogP contribution in [0.5, 0.6) is 0 Å². The SMILES string of the molecule is Cc1cc(C)c(C=[P+]=Cc2c(C)cc(C)cc2C)c(C)c1. The van der Waals surface area contributed by atoms with Gasteiger partial charge < -0.3 is 0 Å². The van der Waals surface area contributed by atoms with Gasteiger partial charge in [-0.25, -0.2) is 0 Å². The van der Waals surface area contributed by atoms with Gasteiger partial charge in [-0.15, -0.1) is 0 Å². The maximum absolute atomic E-state index is 2.32. The summed E-state index contributed by atoms with van der Waals surface area (Å²) >= 11 is 0. The molecule has 0 N–H and O–H groups in total. The van der Waals surface area contributed by atoms with Gasteiger partial charge in [0.05, 0.1) is 0 Å². The van der Waals surface area contributed by atoms with Gasteiger partial charge in [0, 0.05) is 0 Å². The zero-order valence-corrected chi connectivity index (χ0v) is 14.8. The first-order chi connectivity index (χ1) is 9.88. The topological polar surface area (TPSA) is 0 Å². The van der Waals surface area contributed by atoms with E-state index in [0.29, 0.717) is 0 Å². The van der Waals surface area contributed by atoms with Crippen LogP contribution >= 0.6 is 7.83 Å². The van der Waals surface area contributed by atoms with Gasteiger partial charge in [-0.2, -0.15) is 0 Å². The fraction of sp³-hybridized carbons (Fsp3) is 0.300. The summed E-state index contributed by atoms with van der Waals surface area (Å²) in [7, 11) is 1.25. The Balaban J connectivity index is 2.43. The van der Waals surface area contributed by atoms with Crippen LogP contribution in [0.3, 0.4) is 0 Å². The third kappa shape index (κ3) is 3.83. The molecule has 0 heterocycles. The predicted molar refractivity (Wildman–Crippen MR) is 98.6 cm³/mol. The van der Waals surface area contributed by atoms with E-state index in [1.54, 1.807) is 0 Å². The third-order valence-corrected chi connectivity index (χ3v) is 4.70. The van der Waals surface area contributed by atoms with Crippen LogP contribution in [0.4, 0.5) is 0 Å². The molecule has 0 saturated carbocycles. The molecule has 2 rings (SSSR count). The van der Waals surface area contributed by atoms with Crippen molar-refractivity contribution in [2.45, 2.75) is 41.5 Å².